The maximum Gasteiger partial charge on any atom is 0.416 e. The first-order valence-corrected chi connectivity index (χ1v) is 14.9. The van der Waals surface area contributed by atoms with Crippen molar-refractivity contribution in [3.8, 4) is 16.9 Å². The number of hydrogen-bond acceptors (Lipinski definition) is 4. The number of ether oxygens (including phenoxy) is 1. The average Bonchev–Trinajstić information content (AvgIpc) is 3.83. The van der Waals surface area contributed by atoms with E-state index in [4.69, 9.17) is 4.74 Å². The molecule has 3 aromatic carbocycles. The Morgan fingerprint density at radius 2 is 1.74 bits per heavy atom. The van der Waals surface area contributed by atoms with Gasteiger partial charge in [0, 0.05) is 28.5 Å². The lowest BCUT2D eigenvalue weighted by molar-refractivity contribution is -0.139. The van der Waals surface area contributed by atoms with E-state index >= 15 is 8.78 Å². The molecule has 2 atom stereocenters. The summed E-state index contributed by atoms with van der Waals surface area (Å²) >= 11 is 0. The Hall–Kier alpha value is -5.00. The highest BCUT2D eigenvalue weighted by Crippen LogP contribution is 2.44. The summed E-state index contributed by atoms with van der Waals surface area (Å²) in [6, 6.07) is 9.25. The number of rotatable bonds is 4. The third-order valence-electron chi connectivity index (χ3n) is 8.60. The van der Waals surface area contributed by atoms with Gasteiger partial charge in [-0.05, 0) is 91.3 Å². The second-order valence-corrected chi connectivity index (χ2v) is 12.0. The smallest absolute Gasteiger partial charge is 0.416 e. The SMILES string of the molecule is Cc1cc2cc(c1F)[C@@H](CC(=O)O)NC(=O)[C@@H](n1ccc(C(F)(F)F)c(C3CC3)c1=O)c1cc(ccc1F)COc1cccc(C)c1-2. The summed E-state index contributed by atoms with van der Waals surface area (Å²) in [5.41, 5.74) is -0.995. The largest absolute Gasteiger partial charge is 0.488 e. The summed E-state index contributed by atoms with van der Waals surface area (Å²) < 4.78 is 80.3. The van der Waals surface area contributed by atoms with Crippen LogP contribution in [0.1, 0.15) is 76.2 Å². The van der Waals surface area contributed by atoms with E-state index < -0.39 is 70.8 Å². The van der Waals surface area contributed by atoms with Gasteiger partial charge < -0.3 is 15.2 Å². The van der Waals surface area contributed by atoms with E-state index in [-0.39, 0.29) is 23.3 Å². The molecule has 47 heavy (non-hydrogen) atoms. The number of aromatic nitrogens is 1. The lowest BCUT2D eigenvalue weighted by Gasteiger charge is -2.27. The van der Waals surface area contributed by atoms with Gasteiger partial charge in [0.25, 0.3) is 5.56 Å². The fraction of sp³-hybridized carbons (Fsp3) is 0.286. The van der Waals surface area contributed by atoms with Crippen molar-refractivity contribution in [3.63, 3.8) is 0 Å². The second-order valence-electron chi connectivity index (χ2n) is 12.0. The fourth-order valence-electron chi connectivity index (χ4n) is 6.24. The number of carboxylic acid groups (broad SMARTS) is 1. The predicted molar refractivity (Wildman–Crippen MR) is 161 cm³/mol. The van der Waals surface area contributed by atoms with Crippen LogP contribution in [-0.4, -0.2) is 21.6 Å². The minimum atomic E-state index is -4.86. The molecule has 1 aliphatic carbocycles. The zero-order valence-electron chi connectivity index (χ0n) is 25.3. The number of alkyl halides is 3. The molecule has 6 rings (SSSR count). The number of fused-ring (bicyclic) bond motifs is 6. The van der Waals surface area contributed by atoms with Crippen LogP contribution in [0.25, 0.3) is 11.1 Å². The third kappa shape index (κ3) is 6.11. The maximum atomic E-state index is 15.8. The molecular weight excluding hydrogens is 623 g/mol. The van der Waals surface area contributed by atoms with Crippen LogP contribution >= 0.6 is 0 Å². The van der Waals surface area contributed by atoms with Gasteiger partial charge in [0.05, 0.1) is 18.0 Å². The van der Waals surface area contributed by atoms with Crippen molar-refractivity contribution in [2.45, 2.75) is 63.9 Å². The maximum absolute atomic E-state index is 15.8. The van der Waals surface area contributed by atoms with E-state index in [2.05, 4.69) is 5.32 Å². The van der Waals surface area contributed by atoms with E-state index in [1.807, 2.05) is 13.0 Å². The second kappa shape index (κ2) is 12.0. The first-order valence-electron chi connectivity index (χ1n) is 14.9. The average molecular weight is 653 g/mol. The van der Waals surface area contributed by atoms with Gasteiger partial charge >= 0.3 is 12.1 Å². The number of carbonyl (C=O) groups excluding carboxylic acids is 1. The van der Waals surface area contributed by atoms with Crippen molar-refractivity contribution in [1.29, 1.82) is 0 Å². The molecule has 0 unspecified atom stereocenters. The molecule has 4 bridgehead atoms. The van der Waals surface area contributed by atoms with Crippen LogP contribution in [-0.2, 0) is 22.4 Å². The Kier molecular flexibility index (Phi) is 8.15. The van der Waals surface area contributed by atoms with E-state index in [9.17, 15) is 32.7 Å². The van der Waals surface area contributed by atoms with E-state index in [1.165, 1.54) is 25.1 Å². The molecule has 1 saturated carbocycles. The summed E-state index contributed by atoms with van der Waals surface area (Å²) in [5.74, 6) is -4.56. The molecule has 1 aliphatic heterocycles. The molecule has 12 heteroatoms. The highest BCUT2D eigenvalue weighted by molar-refractivity contribution is 5.85. The molecule has 1 amide bonds. The molecule has 7 nitrogen and oxygen atoms in total. The zero-order chi connectivity index (χ0) is 33.8. The molecule has 0 radical (unpaired) electrons. The number of carboxylic acids is 1. The summed E-state index contributed by atoms with van der Waals surface area (Å²) in [5, 5.41) is 12.3. The van der Waals surface area contributed by atoms with Crippen LogP contribution in [0.15, 0.2) is 65.6 Å². The zero-order valence-corrected chi connectivity index (χ0v) is 25.3. The quantitative estimate of drug-likeness (QED) is 0.229. The number of amides is 1. The Morgan fingerprint density at radius 1 is 1.00 bits per heavy atom. The van der Waals surface area contributed by atoms with Gasteiger partial charge in [-0.3, -0.25) is 19.0 Å². The van der Waals surface area contributed by atoms with Gasteiger partial charge in [0.1, 0.15) is 30.0 Å². The van der Waals surface area contributed by atoms with Gasteiger partial charge in [-0.25, -0.2) is 8.78 Å². The molecule has 1 fully saturated rings. The standard InChI is InChI=1S/C35H29F5N2O5/c1-17-4-3-5-27-29(17)21-12-18(2)31(37)23(14-21)26(15-28(43)44)41-33(45)32(22-13-19(16-47-27)6-9-25(22)36)42-11-10-24(35(38,39)40)30(34(42)46)20-7-8-20/h3-6,9-14,20,26,32H,7-8,15-16H2,1-2H3,(H,41,45)(H,43,44)/t26-,32+/m1/s1. The molecule has 0 saturated heterocycles. The summed E-state index contributed by atoms with van der Waals surface area (Å²) in [6.45, 7) is 3.18. The minimum absolute atomic E-state index is 0.123. The van der Waals surface area contributed by atoms with Crippen LogP contribution < -0.4 is 15.6 Å². The van der Waals surface area contributed by atoms with Gasteiger partial charge in [-0.2, -0.15) is 13.2 Å². The topological polar surface area (TPSA) is 97.6 Å². The molecule has 2 N–H and O–H groups in total. The third-order valence-corrected chi connectivity index (χ3v) is 8.60. The highest BCUT2D eigenvalue weighted by atomic mass is 19.4. The minimum Gasteiger partial charge on any atom is -0.488 e. The fourth-order valence-corrected chi connectivity index (χ4v) is 6.24. The molecule has 2 heterocycles. The molecule has 1 aromatic heterocycles. The van der Waals surface area contributed by atoms with Gasteiger partial charge in [0.2, 0.25) is 5.91 Å². The summed E-state index contributed by atoms with van der Waals surface area (Å²) in [7, 11) is 0. The molecule has 0 spiro atoms. The Bertz CT molecular complexity index is 1980. The normalized spacial score (nSPS) is 18.1. The number of aliphatic carboxylic acids is 1. The van der Waals surface area contributed by atoms with Gasteiger partial charge in [-0.15, -0.1) is 0 Å². The number of nitrogens with zero attached hydrogens (tertiary/aromatic N) is 1. The number of nitrogens with one attached hydrogen (secondary N) is 1. The van der Waals surface area contributed by atoms with E-state index in [0.717, 1.165) is 22.4 Å². The van der Waals surface area contributed by atoms with E-state index in [0.29, 0.717) is 41.3 Å². The van der Waals surface area contributed by atoms with Crippen molar-refractivity contribution in [1.82, 2.24) is 9.88 Å². The van der Waals surface area contributed by atoms with Crippen molar-refractivity contribution < 1.29 is 41.4 Å². The summed E-state index contributed by atoms with van der Waals surface area (Å²) in [4.78, 5) is 40.0. The first-order chi connectivity index (χ1) is 22.2. The monoisotopic (exact) mass is 652 g/mol. The first kappa shape index (κ1) is 32.0. The van der Waals surface area contributed by atoms with Crippen molar-refractivity contribution in [3.05, 3.63) is 122 Å². The van der Waals surface area contributed by atoms with Gasteiger partial charge in [0.15, 0.2) is 0 Å². The summed E-state index contributed by atoms with van der Waals surface area (Å²) in [6.07, 6.45) is -4.21. The lowest BCUT2D eigenvalue weighted by atomic mass is 9.91. The highest BCUT2D eigenvalue weighted by Gasteiger charge is 2.42. The van der Waals surface area contributed by atoms with Crippen LogP contribution in [0.2, 0.25) is 0 Å². The molecule has 2 aliphatic rings. The number of carbonyl (C=O) groups is 2. The number of halogens is 5. The van der Waals surface area contributed by atoms with Crippen molar-refractivity contribution in [2.24, 2.45) is 0 Å². The Morgan fingerprint density at radius 3 is 2.43 bits per heavy atom. The molecule has 244 valence electrons. The number of pyridine rings is 1. The Balaban J connectivity index is 1.61. The van der Waals surface area contributed by atoms with Crippen molar-refractivity contribution in [2.75, 3.05) is 0 Å². The molecule has 4 aromatic rings. The lowest BCUT2D eigenvalue weighted by Crippen LogP contribution is -2.41. The number of aryl methyl sites for hydroxylation is 2. The van der Waals surface area contributed by atoms with Crippen LogP contribution in [0.3, 0.4) is 0 Å². The van der Waals surface area contributed by atoms with Crippen LogP contribution in [0.5, 0.6) is 5.75 Å². The molecular formula is C35H29F5N2O5. The number of hydrogen-bond donors (Lipinski definition) is 2. The predicted octanol–water partition coefficient (Wildman–Crippen LogP) is 7.12. The number of benzene rings is 3. The van der Waals surface area contributed by atoms with Crippen LogP contribution in [0, 0.1) is 25.5 Å². The van der Waals surface area contributed by atoms with Gasteiger partial charge in [-0.1, -0.05) is 18.2 Å². The Labute approximate surface area is 265 Å². The van der Waals surface area contributed by atoms with E-state index in [1.54, 1.807) is 18.2 Å². The van der Waals surface area contributed by atoms with Crippen molar-refractivity contribution >= 4 is 11.9 Å². The van der Waals surface area contributed by atoms with Crippen LogP contribution in [0.4, 0.5) is 22.0 Å².